The van der Waals surface area contributed by atoms with Crippen LogP contribution in [0.3, 0.4) is 0 Å². The fraction of sp³-hybridized carbons (Fsp3) is 0.529. The number of nitrogens with zero attached hydrogens (tertiary/aromatic N) is 3. The van der Waals surface area contributed by atoms with Crippen molar-refractivity contribution >= 4 is 5.91 Å². The average Bonchev–Trinajstić information content (AvgIpc) is 2.91. The Labute approximate surface area is 140 Å². The quantitative estimate of drug-likeness (QED) is 0.921. The second-order valence-corrected chi connectivity index (χ2v) is 6.31. The van der Waals surface area contributed by atoms with Crippen LogP contribution in [0.5, 0.6) is 0 Å². The number of likely N-dealkylation sites (tertiary alicyclic amines) is 1. The van der Waals surface area contributed by atoms with E-state index in [1.807, 2.05) is 24.8 Å². The molecule has 0 saturated carbocycles. The minimum absolute atomic E-state index is 0.135. The molecule has 3 rings (SSSR count). The first-order chi connectivity index (χ1) is 11.5. The van der Waals surface area contributed by atoms with E-state index >= 15 is 0 Å². The maximum atomic E-state index is 12.6. The molecule has 7 nitrogen and oxygen atoms in total. The number of hydrogen-bond acceptors (Lipinski definition) is 5. The van der Waals surface area contributed by atoms with Gasteiger partial charge in [0, 0.05) is 42.9 Å². The van der Waals surface area contributed by atoms with Gasteiger partial charge in [0.2, 0.25) is 5.91 Å². The summed E-state index contributed by atoms with van der Waals surface area (Å²) >= 11 is 0. The maximum Gasteiger partial charge on any atom is 0.345 e. The summed E-state index contributed by atoms with van der Waals surface area (Å²) in [5, 5.41) is 3.93. The molecule has 1 amide bonds. The molecule has 1 saturated heterocycles. The number of piperidine rings is 1. The van der Waals surface area contributed by atoms with Crippen molar-refractivity contribution in [3.63, 3.8) is 0 Å². The zero-order valence-electron chi connectivity index (χ0n) is 14.0. The molecule has 1 fully saturated rings. The van der Waals surface area contributed by atoms with Gasteiger partial charge < -0.3 is 14.4 Å². The van der Waals surface area contributed by atoms with Crippen LogP contribution in [-0.4, -0.2) is 39.0 Å². The minimum Gasteiger partial charge on any atom is -0.361 e. The summed E-state index contributed by atoms with van der Waals surface area (Å²) in [6.07, 6.45) is 4.52. The van der Waals surface area contributed by atoms with Crippen molar-refractivity contribution < 1.29 is 9.32 Å². The van der Waals surface area contributed by atoms with E-state index in [1.54, 1.807) is 0 Å². The molecule has 2 aromatic heterocycles. The van der Waals surface area contributed by atoms with Crippen LogP contribution in [0.4, 0.5) is 0 Å². The molecular weight excluding hydrogens is 308 g/mol. The van der Waals surface area contributed by atoms with Gasteiger partial charge in [0.05, 0.1) is 5.69 Å². The Balaban J connectivity index is 1.62. The first-order valence-corrected chi connectivity index (χ1v) is 8.29. The third-order valence-corrected chi connectivity index (χ3v) is 4.68. The van der Waals surface area contributed by atoms with Crippen LogP contribution in [0.1, 0.15) is 47.9 Å². The van der Waals surface area contributed by atoms with Gasteiger partial charge in [0.15, 0.2) is 0 Å². The predicted octanol–water partition coefficient (Wildman–Crippen LogP) is 1.71. The van der Waals surface area contributed by atoms with Crippen molar-refractivity contribution in [3.05, 3.63) is 45.5 Å². The Kier molecular flexibility index (Phi) is 4.78. The summed E-state index contributed by atoms with van der Waals surface area (Å²) in [4.78, 5) is 32.3. The van der Waals surface area contributed by atoms with Gasteiger partial charge in [-0.25, -0.2) is 9.78 Å². The number of H-pyrrole nitrogens is 1. The Morgan fingerprint density at radius 1 is 1.46 bits per heavy atom. The zero-order chi connectivity index (χ0) is 17.1. The number of amides is 1. The number of carbonyl (C=O) groups is 1. The Hall–Kier alpha value is -2.44. The SMILES string of the molecule is Cc1noc(C)c1CCC(=O)N1CCC[C@@H](c2ccnc(=O)[nH]2)C1. The number of nitrogens with one attached hydrogen (secondary N) is 1. The standard InChI is InChI=1S/C17H22N4O3/c1-11-14(12(2)24-20-11)5-6-16(22)21-9-3-4-13(10-21)15-7-8-18-17(23)19-15/h7-8,13H,3-6,9-10H2,1-2H3,(H,18,19,23)/t13-/m1/s1. The molecule has 1 N–H and O–H groups in total. The number of aromatic amines is 1. The summed E-state index contributed by atoms with van der Waals surface area (Å²) in [7, 11) is 0. The lowest BCUT2D eigenvalue weighted by atomic mass is 9.94. The number of aryl methyl sites for hydroxylation is 2. The maximum absolute atomic E-state index is 12.6. The molecule has 7 heteroatoms. The van der Waals surface area contributed by atoms with Crippen LogP contribution in [-0.2, 0) is 11.2 Å². The Bertz CT molecular complexity index is 761. The lowest BCUT2D eigenvalue weighted by Gasteiger charge is -2.32. The summed E-state index contributed by atoms with van der Waals surface area (Å²) in [5.41, 5.74) is 2.40. The smallest absolute Gasteiger partial charge is 0.345 e. The van der Waals surface area contributed by atoms with Gasteiger partial charge in [0.1, 0.15) is 5.76 Å². The van der Waals surface area contributed by atoms with Crippen molar-refractivity contribution in [2.45, 2.75) is 45.4 Å². The first-order valence-electron chi connectivity index (χ1n) is 8.29. The molecule has 0 radical (unpaired) electrons. The summed E-state index contributed by atoms with van der Waals surface area (Å²) in [6.45, 7) is 5.18. The third-order valence-electron chi connectivity index (χ3n) is 4.68. The van der Waals surface area contributed by atoms with Crippen molar-refractivity contribution in [3.8, 4) is 0 Å². The molecule has 1 aliphatic heterocycles. The largest absolute Gasteiger partial charge is 0.361 e. The molecule has 1 aliphatic rings. The highest BCUT2D eigenvalue weighted by atomic mass is 16.5. The number of aromatic nitrogens is 3. The summed E-state index contributed by atoms with van der Waals surface area (Å²) < 4.78 is 5.14. The number of carbonyl (C=O) groups excluding carboxylic acids is 1. The van der Waals surface area contributed by atoms with Crippen LogP contribution in [0.25, 0.3) is 0 Å². The topological polar surface area (TPSA) is 92.1 Å². The highest BCUT2D eigenvalue weighted by Gasteiger charge is 2.25. The van der Waals surface area contributed by atoms with Gasteiger partial charge in [0.25, 0.3) is 0 Å². The van der Waals surface area contributed by atoms with Gasteiger partial charge in [-0.2, -0.15) is 0 Å². The molecule has 3 heterocycles. The molecule has 0 aromatic carbocycles. The Morgan fingerprint density at radius 2 is 2.29 bits per heavy atom. The van der Waals surface area contributed by atoms with Gasteiger partial charge in [-0.05, 0) is 39.2 Å². The minimum atomic E-state index is -0.339. The molecule has 0 spiro atoms. The molecule has 24 heavy (non-hydrogen) atoms. The molecule has 2 aromatic rings. The van der Waals surface area contributed by atoms with E-state index in [0.29, 0.717) is 19.4 Å². The second kappa shape index (κ2) is 6.98. The second-order valence-electron chi connectivity index (χ2n) is 6.31. The molecule has 0 bridgehead atoms. The normalized spacial score (nSPS) is 17.9. The van der Waals surface area contributed by atoms with Crippen LogP contribution >= 0.6 is 0 Å². The van der Waals surface area contributed by atoms with E-state index in [-0.39, 0.29) is 17.5 Å². The van der Waals surface area contributed by atoms with Crippen molar-refractivity contribution in [1.29, 1.82) is 0 Å². The van der Waals surface area contributed by atoms with Crippen molar-refractivity contribution in [2.75, 3.05) is 13.1 Å². The molecule has 128 valence electrons. The third kappa shape index (κ3) is 3.55. The zero-order valence-corrected chi connectivity index (χ0v) is 14.0. The van der Waals surface area contributed by atoms with E-state index in [0.717, 1.165) is 42.1 Å². The molecule has 0 aliphatic carbocycles. The van der Waals surface area contributed by atoms with Crippen LogP contribution in [0.15, 0.2) is 21.6 Å². The highest BCUT2D eigenvalue weighted by Crippen LogP contribution is 2.25. The van der Waals surface area contributed by atoms with E-state index in [4.69, 9.17) is 4.52 Å². The van der Waals surface area contributed by atoms with Crippen LogP contribution in [0.2, 0.25) is 0 Å². The van der Waals surface area contributed by atoms with E-state index in [2.05, 4.69) is 15.1 Å². The molecule has 0 unspecified atom stereocenters. The lowest BCUT2D eigenvalue weighted by molar-refractivity contribution is -0.132. The molecular formula is C17H22N4O3. The van der Waals surface area contributed by atoms with Crippen LogP contribution in [0, 0.1) is 13.8 Å². The van der Waals surface area contributed by atoms with Crippen molar-refractivity contribution in [2.24, 2.45) is 0 Å². The summed E-state index contributed by atoms with van der Waals surface area (Å²) in [6, 6.07) is 1.82. The van der Waals surface area contributed by atoms with Crippen molar-refractivity contribution in [1.82, 2.24) is 20.0 Å². The van der Waals surface area contributed by atoms with Gasteiger partial charge in [-0.1, -0.05) is 5.16 Å². The monoisotopic (exact) mass is 330 g/mol. The lowest BCUT2D eigenvalue weighted by Crippen LogP contribution is -2.39. The fourth-order valence-corrected chi connectivity index (χ4v) is 3.33. The fourth-order valence-electron chi connectivity index (χ4n) is 3.33. The highest BCUT2D eigenvalue weighted by molar-refractivity contribution is 5.76. The average molecular weight is 330 g/mol. The van der Waals surface area contributed by atoms with Gasteiger partial charge in [-0.3, -0.25) is 4.79 Å². The first kappa shape index (κ1) is 16.4. The number of rotatable bonds is 4. The van der Waals surface area contributed by atoms with Gasteiger partial charge >= 0.3 is 5.69 Å². The Morgan fingerprint density at radius 3 is 3.00 bits per heavy atom. The van der Waals surface area contributed by atoms with E-state index < -0.39 is 0 Å². The predicted molar refractivity (Wildman–Crippen MR) is 87.7 cm³/mol. The molecule has 1 atom stereocenters. The number of hydrogen-bond donors (Lipinski definition) is 1. The van der Waals surface area contributed by atoms with Crippen LogP contribution < -0.4 is 5.69 Å². The van der Waals surface area contributed by atoms with E-state index in [1.165, 1.54) is 6.20 Å². The van der Waals surface area contributed by atoms with E-state index in [9.17, 15) is 9.59 Å². The van der Waals surface area contributed by atoms with Gasteiger partial charge in [-0.15, -0.1) is 0 Å². The summed E-state index contributed by atoms with van der Waals surface area (Å²) in [5.74, 6) is 1.08.